The van der Waals surface area contributed by atoms with Crippen LogP contribution in [-0.2, 0) is 0 Å². The van der Waals surface area contributed by atoms with Crippen molar-refractivity contribution in [2.24, 2.45) is 0 Å². The molecule has 0 heterocycles. The molecule has 0 amide bonds. The molecule has 0 aliphatic rings. The van der Waals surface area contributed by atoms with Gasteiger partial charge in [-0.05, 0) is 44.9 Å². The van der Waals surface area contributed by atoms with Gasteiger partial charge < -0.3 is 0 Å². The highest BCUT2D eigenvalue weighted by Crippen LogP contribution is 2.03. The summed E-state index contributed by atoms with van der Waals surface area (Å²) in [6, 6.07) is 0. The van der Waals surface area contributed by atoms with Gasteiger partial charge in [0.25, 0.3) is 0 Å². The monoisotopic (exact) mass is 299 g/mol. The lowest BCUT2D eigenvalue weighted by molar-refractivity contribution is 0.694. The second-order valence-corrected chi connectivity index (χ2v) is 5.41. The zero-order chi connectivity index (χ0) is 16.1. The van der Waals surface area contributed by atoms with Gasteiger partial charge in [-0.25, -0.2) is 0 Å². The van der Waals surface area contributed by atoms with E-state index in [2.05, 4.69) is 74.6 Å². The van der Waals surface area contributed by atoms with Crippen LogP contribution in [0.2, 0.25) is 0 Å². The molecule has 0 aromatic rings. The van der Waals surface area contributed by atoms with E-state index in [4.69, 9.17) is 0 Å². The molecule has 0 aromatic carbocycles. The standard InChI is InChI=1S/C22H35/c1-3-5-7-9-11-13-15-17-19-21-22-20-18-16-14-12-10-8-6-4-2/h6,8,12-15,18-21H,1,3-5,7,9-11,16-17,22H2,2H3/b8-6-,14-12-,15-13-,20-18-,21-19-. The first kappa shape index (κ1) is 20.7. The minimum absolute atomic E-state index is 1.04. The van der Waals surface area contributed by atoms with Crippen molar-refractivity contribution < 1.29 is 0 Å². The molecule has 0 aliphatic carbocycles. The lowest BCUT2D eigenvalue weighted by Gasteiger charge is -1.93. The Morgan fingerprint density at radius 1 is 0.545 bits per heavy atom. The minimum atomic E-state index is 1.04. The van der Waals surface area contributed by atoms with Crippen molar-refractivity contribution in [2.45, 2.75) is 71.1 Å². The summed E-state index contributed by atoms with van der Waals surface area (Å²) in [5.74, 6) is 0. The van der Waals surface area contributed by atoms with Gasteiger partial charge in [-0.1, -0.05) is 93.9 Å². The zero-order valence-electron chi connectivity index (χ0n) is 14.6. The summed E-state index contributed by atoms with van der Waals surface area (Å²) in [6.07, 6.45) is 34.0. The topological polar surface area (TPSA) is 0 Å². The van der Waals surface area contributed by atoms with Crippen molar-refractivity contribution in [1.82, 2.24) is 0 Å². The predicted octanol–water partition coefficient (Wildman–Crippen LogP) is 7.52. The quantitative estimate of drug-likeness (QED) is 0.230. The van der Waals surface area contributed by atoms with Crippen LogP contribution in [0.4, 0.5) is 0 Å². The SMILES string of the molecule is [CH2]CCCCC/C=C\C/C=C\C/C=C\C/C=C\C/C=C\CC. The summed E-state index contributed by atoms with van der Waals surface area (Å²) in [4.78, 5) is 0. The lowest BCUT2D eigenvalue weighted by atomic mass is 10.1. The van der Waals surface area contributed by atoms with Gasteiger partial charge in [-0.3, -0.25) is 0 Å². The van der Waals surface area contributed by atoms with E-state index in [0.29, 0.717) is 0 Å². The third kappa shape index (κ3) is 18.7. The van der Waals surface area contributed by atoms with Gasteiger partial charge in [-0.15, -0.1) is 0 Å². The molecule has 0 rings (SSSR count). The van der Waals surface area contributed by atoms with Gasteiger partial charge in [0.05, 0.1) is 0 Å². The molecule has 0 N–H and O–H groups in total. The van der Waals surface area contributed by atoms with E-state index in [9.17, 15) is 0 Å². The number of unbranched alkanes of at least 4 members (excludes halogenated alkanes) is 4. The first-order valence-electron chi connectivity index (χ1n) is 8.96. The van der Waals surface area contributed by atoms with E-state index in [1.54, 1.807) is 0 Å². The summed E-state index contributed by atoms with van der Waals surface area (Å²) in [6.45, 7) is 6.03. The average Bonchev–Trinajstić information content (AvgIpc) is 2.54. The Morgan fingerprint density at radius 2 is 1.00 bits per heavy atom. The minimum Gasteiger partial charge on any atom is -0.0885 e. The Kier molecular flexibility index (Phi) is 18.5. The summed E-state index contributed by atoms with van der Waals surface area (Å²) in [5, 5.41) is 0. The molecule has 0 saturated carbocycles. The smallest absolute Gasteiger partial charge is 0.0169 e. The molecular weight excluding hydrogens is 264 g/mol. The highest BCUT2D eigenvalue weighted by molar-refractivity contribution is 5.00. The average molecular weight is 300 g/mol. The Hall–Kier alpha value is -1.30. The number of rotatable bonds is 14. The van der Waals surface area contributed by atoms with Gasteiger partial charge in [0, 0.05) is 0 Å². The van der Waals surface area contributed by atoms with Crippen LogP contribution in [0.5, 0.6) is 0 Å². The Bertz CT molecular complexity index is 339. The van der Waals surface area contributed by atoms with E-state index < -0.39 is 0 Å². The molecule has 1 radical (unpaired) electrons. The van der Waals surface area contributed by atoms with Crippen LogP contribution in [0.15, 0.2) is 60.8 Å². The Balaban J connectivity index is 3.40. The van der Waals surface area contributed by atoms with Crippen molar-refractivity contribution in [3.63, 3.8) is 0 Å². The van der Waals surface area contributed by atoms with Crippen molar-refractivity contribution in [3.8, 4) is 0 Å². The van der Waals surface area contributed by atoms with Crippen LogP contribution < -0.4 is 0 Å². The molecule has 0 heteroatoms. The van der Waals surface area contributed by atoms with E-state index in [1.807, 2.05) is 0 Å². The molecule has 0 unspecified atom stereocenters. The van der Waals surface area contributed by atoms with Gasteiger partial charge in [-0.2, -0.15) is 0 Å². The summed E-state index contributed by atoms with van der Waals surface area (Å²) < 4.78 is 0. The fourth-order valence-corrected chi connectivity index (χ4v) is 1.98. The molecule has 0 atom stereocenters. The highest BCUT2D eigenvalue weighted by atomic mass is 13.9. The Labute approximate surface area is 139 Å². The maximum absolute atomic E-state index is 3.86. The van der Waals surface area contributed by atoms with Crippen LogP contribution in [0.25, 0.3) is 0 Å². The van der Waals surface area contributed by atoms with Crippen LogP contribution in [-0.4, -0.2) is 0 Å². The molecule has 0 nitrogen and oxygen atoms in total. The first-order valence-corrected chi connectivity index (χ1v) is 8.96. The second-order valence-electron chi connectivity index (χ2n) is 5.41. The third-order valence-corrected chi connectivity index (χ3v) is 3.28. The summed E-state index contributed by atoms with van der Waals surface area (Å²) in [7, 11) is 0. The van der Waals surface area contributed by atoms with Gasteiger partial charge in [0.1, 0.15) is 0 Å². The van der Waals surface area contributed by atoms with E-state index in [1.165, 1.54) is 25.7 Å². The van der Waals surface area contributed by atoms with Gasteiger partial charge in [0.2, 0.25) is 0 Å². The third-order valence-electron chi connectivity index (χ3n) is 3.28. The van der Waals surface area contributed by atoms with Gasteiger partial charge >= 0.3 is 0 Å². The normalized spacial score (nSPS) is 13.0. The number of hydrogen-bond acceptors (Lipinski definition) is 0. The molecule has 0 aromatic heterocycles. The van der Waals surface area contributed by atoms with Crippen LogP contribution >= 0.6 is 0 Å². The van der Waals surface area contributed by atoms with Crippen LogP contribution in [0, 0.1) is 6.92 Å². The largest absolute Gasteiger partial charge is 0.0885 e. The maximum Gasteiger partial charge on any atom is -0.0169 e. The van der Waals surface area contributed by atoms with Crippen molar-refractivity contribution in [2.75, 3.05) is 0 Å². The maximum atomic E-state index is 3.86. The second kappa shape index (κ2) is 19.7. The molecule has 22 heavy (non-hydrogen) atoms. The molecule has 0 saturated heterocycles. The molecule has 0 fully saturated rings. The van der Waals surface area contributed by atoms with Crippen molar-refractivity contribution in [1.29, 1.82) is 0 Å². The molecule has 0 aliphatic heterocycles. The molecule has 0 bridgehead atoms. The van der Waals surface area contributed by atoms with Crippen molar-refractivity contribution in [3.05, 3.63) is 67.7 Å². The summed E-state index contributed by atoms with van der Waals surface area (Å²) in [5.41, 5.74) is 0. The molecule has 0 spiro atoms. The molecular formula is C22H35. The fraction of sp³-hybridized carbons (Fsp3) is 0.500. The predicted molar refractivity (Wildman–Crippen MR) is 103 cm³/mol. The van der Waals surface area contributed by atoms with Crippen LogP contribution in [0.1, 0.15) is 71.1 Å². The zero-order valence-corrected chi connectivity index (χ0v) is 14.6. The van der Waals surface area contributed by atoms with Crippen molar-refractivity contribution >= 4 is 0 Å². The van der Waals surface area contributed by atoms with Gasteiger partial charge in [0.15, 0.2) is 0 Å². The first-order chi connectivity index (χ1) is 10.9. The number of allylic oxidation sites excluding steroid dienone is 10. The van der Waals surface area contributed by atoms with E-state index >= 15 is 0 Å². The fourth-order valence-electron chi connectivity index (χ4n) is 1.98. The molecule has 123 valence electrons. The Morgan fingerprint density at radius 3 is 1.45 bits per heavy atom. The lowest BCUT2D eigenvalue weighted by Crippen LogP contribution is -1.73. The van der Waals surface area contributed by atoms with E-state index in [0.717, 1.165) is 38.5 Å². The summed E-state index contributed by atoms with van der Waals surface area (Å²) >= 11 is 0. The van der Waals surface area contributed by atoms with E-state index in [-0.39, 0.29) is 0 Å². The van der Waals surface area contributed by atoms with Crippen LogP contribution in [0.3, 0.4) is 0 Å². The highest BCUT2D eigenvalue weighted by Gasteiger charge is 1.83. The number of hydrogen-bond donors (Lipinski definition) is 0.